The van der Waals surface area contributed by atoms with Crippen LogP contribution in [-0.4, -0.2) is 21.7 Å². The van der Waals surface area contributed by atoms with E-state index in [4.69, 9.17) is 0 Å². The fraction of sp³-hybridized carbons (Fsp3) is 0.227. The second kappa shape index (κ2) is 9.08. The summed E-state index contributed by atoms with van der Waals surface area (Å²) in [5.41, 5.74) is 1.39. The molecule has 5 nitrogen and oxygen atoms in total. The Morgan fingerprint density at radius 3 is 2.54 bits per heavy atom. The largest absolute Gasteiger partial charge is 0.352 e. The Bertz CT molecular complexity index is 1000. The van der Waals surface area contributed by atoms with Gasteiger partial charge >= 0.3 is 0 Å². The maximum Gasteiger partial charge on any atom is 0.267 e. The first-order valence-electron chi connectivity index (χ1n) is 9.19. The molecule has 0 aliphatic heterocycles. The van der Waals surface area contributed by atoms with Crippen LogP contribution in [0.25, 0.3) is 11.3 Å². The Kier molecular flexibility index (Phi) is 6.32. The van der Waals surface area contributed by atoms with Crippen LogP contribution in [0.4, 0.5) is 4.39 Å². The summed E-state index contributed by atoms with van der Waals surface area (Å²) in [5.74, 6) is -0.736. The summed E-state index contributed by atoms with van der Waals surface area (Å²) in [6, 6.07) is 18.9. The molecule has 0 aliphatic rings. The van der Waals surface area contributed by atoms with Gasteiger partial charge in [-0.2, -0.15) is 5.10 Å². The maximum atomic E-state index is 14.0. The third-order valence-electron chi connectivity index (χ3n) is 4.43. The zero-order chi connectivity index (χ0) is 19.9. The number of carbonyl (C=O) groups is 1. The van der Waals surface area contributed by atoms with Crippen LogP contribution in [0.1, 0.15) is 18.9 Å². The number of hydrogen-bond acceptors (Lipinski definition) is 3. The first-order valence-corrected chi connectivity index (χ1v) is 9.19. The predicted octanol–water partition coefficient (Wildman–Crippen LogP) is 3.19. The SMILES string of the molecule is C[C@H](CCc1ccccc1)NC(=O)Cn1nc(-c2ccccc2F)ccc1=O. The van der Waals surface area contributed by atoms with Gasteiger partial charge in [0.25, 0.3) is 5.56 Å². The van der Waals surface area contributed by atoms with Crippen molar-refractivity contribution in [1.82, 2.24) is 15.1 Å². The Morgan fingerprint density at radius 1 is 1.07 bits per heavy atom. The highest BCUT2D eigenvalue weighted by molar-refractivity contribution is 5.76. The molecule has 0 spiro atoms. The molecule has 0 fully saturated rings. The van der Waals surface area contributed by atoms with E-state index in [-0.39, 0.29) is 24.1 Å². The molecule has 0 radical (unpaired) electrons. The van der Waals surface area contributed by atoms with Gasteiger partial charge in [0.05, 0.1) is 5.69 Å². The Hall–Kier alpha value is -3.28. The standard InChI is InChI=1S/C22H22FN3O2/c1-16(11-12-17-7-3-2-4-8-17)24-21(27)15-26-22(28)14-13-20(25-26)18-9-5-6-10-19(18)23/h2-10,13-14,16H,11-12,15H2,1H3,(H,24,27)/t16-/m1/s1. The van der Waals surface area contributed by atoms with Crippen molar-refractivity contribution >= 4 is 5.91 Å². The quantitative estimate of drug-likeness (QED) is 0.686. The number of rotatable bonds is 7. The van der Waals surface area contributed by atoms with Crippen LogP contribution < -0.4 is 10.9 Å². The molecule has 0 saturated carbocycles. The number of nitrogens with zero attached hydrogens (tertiary/aromatic N) is 2. The minimum absolute atomic E-state index is 0.0434. The molecular formula is C22H22FN3O2. The maximum absolute atomic E-state index is 14.0. The van der Waals surface area contributed by atoms with Crippen LogP contribution in [-0.2, 0) is 17.8 Å². The first kappa shape index (κ1) is 19.5. The molecule has 1 heterocycles. The van der Waals surface area contributed by atoms with E-state index in [1.807, 2.05) is 37.3 Å². The van der Waals surface area contributed by atoms with E-state index in [9.17, 15) is 14.0 Å². The number of halogens is 1. The van der Waals surface area contributed by atoms with Crippen molar-refractivity contribution in [2.24, 2.45) is 0 Å². The summed E-state index contributed by atoms with van der Waals surface area (Å²) < 4.78 is 15.0. The summed E-state index contributed by atoms with van der Waals surface area (Å²) in [4.78, 5) is 24.4. The molecule has 144 valence electrons. The van der Waals surface area contributed by atoms with Crippen molar-refractivity contribution in [2.75, 3.05) is 0 Å². The van der Waals surface area contributed by atoms with E-state index in [0.717, 1.165) is 17.5 Å². The molecule has 0 bridgehead atoms. The fourth-order valence-corrected chi connectivity index (χ4v) is 2.93. The molecule has 0 saturated heterocycles. The zero-order valence-electron chi connectivity index (χ0n) is 15.6. The van der Waals surface area contributed by atoms with E-state index >= 15 is 0 Å². The highest BCUT2D eigenvalue weighted by Crippen LogP contribution is 2.18. The number of aryl methyl sites for hydroxylation is 1. The monoisotopic (exact) mass is 379 g/mol. The van der Waals surface area contributed by atoms with Crippen molar-refractivity contribution in [3.8, 4) is 11.3 Å². The van der Waals surface area contributed by atoms with Gasteiger partial charge in [-0.1, -0.05) is 42.5 Å². The number of hydrogen-bond donors (Lipinski definition) is 1. The summed E-state index contributed by atoms with van der Waals surface area (Å²) in [6.07, 6.45) is 1.64. The van der Waals surface area contributed by atoms with Crippen molar-refractivity contribution in [3.63, 3.8) is 0 Å². The number of carbonyl (C=O) groups excluding carboxylic acids is 1. The number of nitrogens with one attached hydrogen (secondary N) is 1. The molecular weight excluding hydrogens is 357 g/mol. The van der Waals surface area contributed by atoms with E-state index < -0.39 is 11.4 Å². The predicted molar refractivity (Wildman–Crippen MR) is 106 cm³/mol. The smallest absolute Gasteiger partial charge is 0.267 e. The van der Waals surface area contributed by atoms with Crippen LogP contribution >= 0.6 is 0 Å². The molecule has 2 aromatic carbocycles. The fourth-order valence-electron chi connectivity index (χ4n) is 2.93. The minimum Gasteiger partial charge on any atom is -0.352 e. The molecule has 0 aliphatic carbocycles. The van der Waals surface area contributed by atoms with Gasteiger partial charge in [-0.05, 0) is 43.5 Å². The lowest BCUT2D eigenvalue weighted by Crippen LogP contribution is -2.38. The molecule has 1 atom stereocenters. The number of aromatic nitrogens is 2. The highest BCUT2D eigenvalue weighted by Gasteiger charge is 2.12. The van der Waals surface area contributed by atoms with Crippen LogP contribution in [0, 0.1) is 5.82 Å². The van der Waals surface area contributed by atoms with Gasteiger partial charge in [0.2, 0.25) is 5.91 Å². The third-order valence-corrected chi connectivity index (χ3v) is 4.43. The van der Waals surface area contributed by atoms with Crippen LogP contribution in [0.3, 0.4) is 0 Å². The Morgan fingerprint density at radius 2 is 1.79 bits per heavy atom. The summed E-state index contributed by atoms with van der Waals surface area (Å²) in [5, 5.41) is 7.03. The minimum atomic E-state index is -0.431. The molecule has 3 rings (SSSR count). The molecule has 1 N–H and O–H groups in total. The molecule has 0 unspecified atom stereocenters. The van der Waals surface area contributed by atoms with Gasteiger partial charge < -0.3 is 5.32 Å². The first-order chi connectivity index (χ1) is 13.5. The van der Waals surface area contributed by atoms with Crippen molar-refractivity contribution in [2.45, 2.75) is 32.4 Å². The van der Waals surface area contributed by atoms with Gasteiger partial charge in [-0.15, -0.1) is 0 Å². The Balaban J connectivity index is 1.63. The van der Waals surface area contributed by atoms with Crippen LogP contribution in [0.15, 0.2) is 71.5 Å². The topological polar surface area (TPSA) is 64.0 Å². The normalized spacial score (nSPS) is 11.8. The van der Waals surface area contributed by atoms with Gasteiger partial charge in [-0.25, -0.2) is 9.07 Å². The summed E-state index contributed by atoms with van der Waals surface area (Å²) in [7, 11) is 0. The van der Waals surface area contributed by atoms with Crippen molar-refractivity contribution < 1.29 is 9.18 Å². The summed E-state index contributed by atoms with van der Waals surface area (Å²) >= 11 is 0. The lowest BCUT2D eigenvalue weighted by Gasteiger charge is -2.14. The molecule has 28 heavy (non-hydrogen) atoms. The van der Waals surface area contributed by atoms with Crippen LogP contribution in [0.5, 0.6) is 0 Å². The van der Waals surface area contributed by atoms with Crippen LogP contribution in [0.2, 0.25) is 0 Å². The zero-order valence-corrected chi connectivity index (χ0v) is 15.6. The number of amides is 1. The lowest BCUT2D eigenvalue weighted by atomic mass is 10.1. The number of benzene rings is 2. The van der Waals surface area contributed by atoms with Gasteiger partial charge in [-0.3, -0.25) is 9.59 Å². The second-order valence-electron chi connectivity index (χ2n) is 6.69. The molecule has 1 amide bonds. The van der Waals surface area contributed by atoms with E-state index in [1.165, 1.54) is 23.8 Å². The lowest BCUT2D eigenvalue weighted by molar-refractivity contribution is -0.122. The average molecular weight is 379 g/mol. The molecule has 1 aromatic heterocycles. The molecule has 3 aromatic rings. The second-order valence-corrected chi connectivity index (χ2v) is 6.69. The van der Waals surface area contributed by atoms with Gasteiger partial charge in [0.1, 0.15) is 12.4 Å². The highest BCUT2D eigenvalue weighted by atomic mass is 19.1. The van der Waals surface area contributed by atoms with Crippen molar-refractivity contribution in [1.29, 1.82) is 0 Å². The average Bonchev–Trinajstić information content (AvgIpc) is 2.69. The van der Waals surface area contributed by atoms with Crippen molar-refractivity contribution in [3.05, 3.63) is 88.5 Å². The summed E-state index contributed by atoms with van der Waals surface area (Å²) in [6.45, 7) is 1.71. The third kappa shape index (κ3) is 5.13. The van der Waals surface area contributed by atoms with E-state index in [1.54, 1.807) is 18.2 Å². The van der Waals surface area contributed by atoms with E-state index in [0.29, 0.717) is 5.69 Å². The Labute approximate surface area is 162 Å². The van der Waals surface area contributed by atoms with Gasteiger partial charge in [0.15, 0.2) is 0 Å². The molecule has 6 heteroatoms. The van der Waals surface area contributed by atoms with E-state index in [2.05, 4.69) is 10.4 Å². The van der Waals surface area contributed by atoms with Gasteiger partial charge in [0, 0.05) is 17.7 Å².